The number of hydrogen-bond acceptors (Lipinski definition) is 4. The maximum atomic E-state index is 12.5. The van der Waals surface area contributed by atoms with Crippen molar-refractivity contribution in [1.29, 1.82) is 0 Å². The van der Waals surface area contributed by atoms with Gasteiger partial charge in [-0.25, -0.2) is 4.98 Å². The van der Waals surface area contributed by atoms with Gasteiger partial charge >= 0.3 is 0 Å². The number of ether oxygens (including phenoxy) is 1. The Morgan fingerprint density at radius 1 is 1.03 bits per heavy atom. The van der Waals surface area contributed by atoms with Crippen molar-refractivity contribution in [3.05, 3.63) is 82.9 Å². The Morgan fingerprint density at radius 2 is 1.77 bits per heavy atom. The second-order valence-corrected chi connectivity index (χ2v) is 8.00. The predicted octanol–water partition coefficient (Wildman–Crippen LogP) is 5.83. The summed E-state index contributed by atoms with van der Waals surface area (Å²) in [6, 6.07) is 19.1. The van der Waals surface area contributed by atoms with Gasteiger partial charge in [-0.1, -0.05) is 18.2 Å². The molecular weight excluding hydrogens is 388 g/mol. The molecule has 5 heteroatoms. The molecule has 0 saturated carbocycles. The fourth-order valence-corrected chi connectivity index (χ4v) is 3.34. The van der Waals surface area contributed by atoms with Crippen LogP contribution in [0.5, 0.6) is 5.75 Å². The van der Waals surface area contributed by atoms with E-state index in [-0.39, 0.29) is 12.0 Å². The molecule has 4 aromatic rings. The van der Waals surface area contributed by atoms with Gasteiger partial charge in [0.15, 0.2) is 5.58 Å². The van der Waals surface area contributed by atoms with Crippen molar-refractivity contribution in [2.24, 2.45) is 0 Å². The van der Waals surface area contributed by atoms with Crippen molar-refractivity contribution in [1.82, 2.24) is 10.3 Å². The van der Waals surface area contributed by atoms with Crippen LogP contribution in [0.4, 0.5) is 0 Å². The number of nitrogens with zero attached hydrogens (tertiary/aromatic N) is 1. The molecule has 0 aliphatic carbocycles. The highest BCUT2D eigenvalue weighted by Gasteiger charge is 2.11. The summed E-state index contributed by atoms with van der Waals surface area (Å²) in [6.45, 7) is 8.48. The molecule has 0 spiro atoms. The number of aromatic nitrogens is 1. The number of fused-ring (bicyclic) bond motifs is 1. The fourth-order valence-electron chi connectivity index (χ4n) is 3.34. The van der Waals surface area contributed by atoms with E-state index in [9.17, 15) is 4.79 Å². The summed E-state index contributed by atoms with van der Waals surface area (Å²) in [7, 11) is 0. The van der Waals surface area contributed by atoms with Crippen LogP contribution in [0.2, 0.25) is 0 Å². The first-order valence-electron chi connectivity index (χ1n) is 10.4. The average molecular weight is 415 g/mol. The molecule has 1 amide bonds. The van der Waals surface area contributed by atoms with Gasteiger partial charge in [-0.3, -0.25) is 4.79 Å². The maximum absolute atomic E-state index is 12.5. The van der Waals surface area contributed by atoms with E-state index in [1.807, 2.05) is 62.4 Å². The minimum atomic E-state index is -0.136. The summed E-state index contributed by atoms with van der Waals surface area (Å²) in [5.41, 5.74) is 6.50. The standard InChI is InChI=1S/C26H26N2O3/c1-16(2)30-22-7-5-6-21(14-22)25(29)27-15-19-8-10-20(11-9-19)26-28-23-12-17(3)18(4)13-24(23)31-26/h5-14,16H,15H2,1-4H3,(H,27,29). The van der Waals surface area contributed by atoms with E-state index in [0.717, 1.165) is 22.2 Å². The van der Waals surface area contributed by atoms with E-state index < -0.39 is 0 Å². The quantitative estimate of drug-likeness (QED) is 0.431. The number of amides is 1. The minimum Gasteiger partial charge on any atom is -0.491 e. The lowest BCUT2D eigenvalue weighted by atomic mass is 10.1. The molecule has 4 rings (SSSR count). The molecule has 0 aliphatic rings. The summed E-state index contributed by atoms with van der Waals surface area (Å²) in [6.07, 6.45) is 0.0612. The topological polar surface area (TPSA) is 64.4 Å². The molecule has 0 saturated heterocycles. The lowest BCUT2D eigenvalue weighted by Gasteiger charge is -2.11. The largest absolute Gasteiger partial charge is 0.491 e. The van der Waals surface area contributed by atoms with E-state index in [1.165, 1.54) is 11.1 Å². The summed E-state index contributed by atoms with van der Waals surface area (Å²) < 4.78 is 11.6. The Balaban J connectivity index is 1.43. The van der Waals surface area contributed by atoms with E-state index in [2.05, 4.69) is 24.1 Å². The SMILES string of the molecule is Cc1cc2nc(-c3ccc(CNC(=O)c4cccc(OC(C)C)c4)cc3)oc2cc1C. The van der Waals surface area contributed by atoms with Gasteiger partial charge in [0.2, 0.25) is 5.89 Å². The third kappa shape index (κ3) is 4.77. The van der Waals surface area contributed by atoms with E-state index in [0.29, 0.717) is 23.7 Å². The Kier molecular flexibility index (Phi) is 5.76. The zero-order valence-electron chi connectivity index (χ0n) is 18.2. The lowest BCUT2D eigenvalue weighted by Crippen LogP contribution is -2.22. The van der Waals surface area contributed by atoms with Crippen molar-refractivity contribution in [3.63, 3.8) is 0 Å². The molecule has 5 nitrogen and oxygen atoms in total. The highest BCUT2D eigenvalue weighted by molar-refractivity contribution is 5.94. The van der Waals surface area contributed by atoms with Crippen LogP contribution in [-0.4, -0.2) is 17.0 Å². The Hall–Kier alpha value is -3.60. The molecule has 0 aliphatic heterocycles. The number of hydrogen-bond donors (Lipinski definition) is 1. The first kappa shape index (κ1) is 20.7. The Bertz CT molecular complexity index is 1180. The second-order valence-electron chi connectivity index (χ2n) is 8.00. The van der Waals surface area contributed by atoms with Crippen LogP contribution in [-0.2, 0) is 6.54 Å². The molecule has 1 aromatic heterocycles. The number of oxazole rings is 1. The predicted molar refractivity (Wildman–Crippen MR) is 122 cm³/mol. The normalized spacial score (nSPS) is 11.1. The number of rotatable bonds is 6. The second kappa shape index (κ2) is 8.64. The molecular formula is C26H26N2O3. The van der Waals surface area contributed by atoms with Crippen LogP contribution in [0.1, 0.15) is 40.9 Å². The number of carbonyl (C=O) groups is 1. The van der Waals surface area contributed by atoms with Crippen LogP contribution >= 0.6 is 0 Å². The van der Waals surface area contributed by atoms with Crippen LogP contribution in [0.25, 0.3) is 22.6 Å². The maximum Gasteiger partial charge on any atom is 0.251 e. The number of aryl methyl sites for hydroxylation is 2. The van der Waals surface area contributed by atoms with Crippen LogP contribution < -0.4 is 10.1 Å². The van der Waals surface area contributed by atoms with Gasteiger partial charge in [0.05, 0.1) is 6.10 Å². The Morgan fingerprint density at radius 3 is 2.52 bits per heavy atom. The molecule has 0 bridgehead atoms. The first-order valence-corrected chi connectivity index (χ1v) is 10.4. The number of benzene rings is 3. The summed E-state index contributed by atoms with van der Waals surface area (Å²) in [5, 5.41) is 2.96. The number of nitrogens with one attached hydrogen (secondary N) is 1. The zero-order valence-corrected chi connectivity index (χ0v) is 18.2. The van der Waals surface area contributed by atoms with Crippen molar-refractivity contribution in [3.8, 4) is 17.2 Å². The first-order chi connectivity index (χ1) is 14.9. The van der Waals surface area contributed by atoms with Crippen molar-refractivity contribution < 1.29 is 13.9 Å². The van der Waals surface area contributed by atoms with Crippen LogP contribution in [0.15, 0.2) is 65.1 Å². The van der Waals surface area contributed by atoms with Crippen molar-refractivity contribution in [2.75, 3.05) is 0 Å². The molecule has 0 fully saturated rings. The minimum absolute atomic E-state index is 0.0612. The van der Waals surface area contributed by atoms with Gasteiger partial charge in [-0.2, -0.15) is 0 Å². The van der Waals surface area contributed by atoms with Gasteiger partial charge in [0.1, 0.15) is 11.3 Å². The smallest absolute Gasteiger partial charge is 0.251 e. The molecule has 3 aromatic carbocycles. The van der Waals surface area contributed by atoms with Gasteiger partial charge in [0, 0.05) is 17.7 Å². The van der Waals surface area contributed by atoms with Crippen LogP contribution in [0.3, 0.4) is 0 Å². The van der Waals surface area contributed by atoms with Gasteiger partial charge in [-0.15, -0.1) is 0 Å². The Labute approximate surface area is 182 Å². The molecule has 0 unspecified atom stereocenters. The fraction of sp³-hybridized carbons (Fsp3) is 0.231. The summed E-state index contributed by atoms with van der Waals surface area (Å²) >= 11 is 0. The van der Waals surface area contributed by atoms with E-state index >= 15 is 0 Å². The van der Waals surface area contributed by atoms with Gasteiger partial charge in [-0.05, 0) is 86.8 Å². The van der Waals surface area contributed by atoms with E-state index in [4.69, 9.17) is 9.15 Å². The highest BCUT2D eigenvalue weighted by atomic mass is 16.5. The molecule has 1 heterocycles. The zero-order chi connectivity index (χ0) is 22.0. The monoisotopic (exact) mass is 414 g/mol. The van der Waals surface area contributed by atoms with Gasteiger partial charge < -0.3 is 14.5 Å². The number of carbonyl (C=O) groups excluding carboxylic acids is 1. The molecule has 0 radical (unpaired) electrons. The molecule has 0 atom stereocenters. The third-order valence-corrected chi connectivity index (χ3v) is 5.13. The van der Waals surface area contributed by atoms with E-state index in [1.54, 1.807) is 12.1 Å². The van der Waals surface area contributed by atoms with Gasteiger partial charge in [0.25, 0.3) is 5.91 Å². The molecule has 158 valence electrons. The molecule has 31 heavy (non-hydrogen) atoms. The third-order valence-electron chi connectivity index (χ3n) is 5.13. The average Bonchev–Trinajstić information content (AvgIpc) is 3.15. The van der Waals surface area contributed by atoms with Crippen LogP contribution in [0, 0.1) is 13.8 Å². The summed E-state index contributed by atoms with van der Waals surface area (Å²) in [5.74, 6) is 1.15. The van der Waals surface area contributed by atoms with Crippen molar-refractivity contribution >= 4 is 17.0 Å². The molecule has 1 N–H and O–H groups in total. The highest BCUT2D eigenvalue weighted by Crippen LogP contribution is 2.26. The summed E-state index contributed by atoms with van der Waals surface area (Å²) in [4.78, 5) is 17.1. The lowest BCUT2D eigenvalue weighted by molar-refractivity contribution is 0.0950. The van der Waals surface area contributed by atoms with Crippen molar-refractivity contribution in [2.45, 2.75) is 40.3 Å².